The summed E-state index contributed by atoms with van der Waals surface area (Å²) < 4.78 is 2.19. The molecular weight excluding hydrogens is 162 g/mol. The number of nitrogens with zero attached hydrogens (tertiary/aromatic N) is 2. The van der Waals surface area contributed by atoms with Crippen molar-refractivity contribution in [1.29, 1.82) is 0 Å². The molecule has 0 atom stereocenters. The molecule has 0 amide bonds. The van der Waals surface area contributed by atoms with Gasteiger partial charge in [-0.15, -0.1) is 0 Å². The molecule has 1 aromatic rings. The number of hydrogen-bond acceptors (Lipinski definition) is 2. The summed E-state index contributed by atoms with van der Waals surface area (Å²) in [6, 6.07) is 0. The van der Waals surface area contributed by atoms with Crippen LogP contribution in [0.3, 0.4) is 0 Å². The topological polar surface area (TPSA) is 43.8 Å². The molecule has 0 saturated carbocycles. The second-order valence-corrected chi connectivity index (χ2v) is 4.34. The van der Waals surface area contributed by atoms with Gasteiger partial charge in [0.15, 0.2) is 0 Å². The van der Waals surface area contributed by atoms with Gasteiger partial charge in [0.25, 0.3) is 0 Å². The molecule has 0 aliphatic heterocycles. The van der Waals surface area contributed by atoms with Crippen LogP contribution >= 0.6 is 0 Å². The molecule has 74 valence electrons. The van der Waals surface area contributed by atoms with E-state index in [1.165, 1.54) is 0 Å². The van der Waals surface area contributed by atoms with E-state index in [0.29, 0.717) is 0 Å². The molecule has 0 bridgehead atoms. The number of aryl methyl sites for hydroxylation is 1. The number of rotatable bonds is 3. The zero-order valence-electron chi connectivity index (χ0n) is 8.75. The second kappa shape index (κ2) is 3.92. The quantitative estimate of drug-likeness (QED) is 0.768. The molecule has 0 aliphatic rings. The molecule has 1 heterocycles. The summed E-state index contributed by atoms with van der Waals surface area (Å²) in [7, 11) is 0. The van der Waals surface area contributed by atoms with Crippen LogP contribution in [0.4, 0.5) is 0 Å². The Morgan fingerprint density at radius 2 is 2.15 bits per heavy atom. The van der Waals surface area contributed by atoms with Crippen LogP contribution in [-0.2, 0) is 12.0 Å². The van der Waals surface area contributed by atoms with Gasteiger partial charge in [0.05, 0.1) is 0 Å². The maximum absolute atomic E-state index is 5.47. The highest BCUT2D eigenvalue weighted by Crippen LogP contribution is 2.20. The van der Waals surface area contributed by atoms with Crippen molar-refractivity contribution in [2.75, 3.05) is 6.54 Å². The Morgan fingerprint density at radius 3 is 2.69 bits per heavy atom. The predicted molar refractivity (Wildman–Crippen MR) is 54.6 cm³/mol. The molecule has 0 aliphatic carbocycles. The van der Waals surface area contributed by atoms with E-state index in [1.54, 1.807) is 0 Å². The summed E-state index contributed by atoms with van der Waals surface area (Å²) >= 11 is 0. The highest BCUT2D eigenvalue weighted by molar-refractivity contribution is 5.04. The van der Waals surface area contributed by atoms with Gasteiger partial charge in [-0.2, -0.15) is 0 Å². The van der Waals surface area contributed by atoms with Gasteiger partial charge in [0.1, 0.15) is 5.82 Å². The average molecular weight is 181 g/mol. The predicted octanol–water partition coefficient (Wildman–Crippen LogP) is 1.53. The Morgan fingerprint density at radius 1 is 1.46 bits per heavy atom. The molecule has 3 heteroatoms. The normalized spacial score (nSPS) is 12.0. The van der Waals surface area contributed by atoms with E-state index in [2.05, 4.69) is 30.3 Å². The first-order chi connectivity index (χ1) is 6.05. The first-order valence-corrected chi connectivity index (χ1v) is 4.77. The summed E-state index contributed by atoms with van der Waals surface area (Å²) in [5.41, 5.74) is 5.59. The van der Waals surface area contributed by atoms with Gasteiger partial charge in [0, 0.05) is 24.4 Å². The van der Waals surface area contributed by atoms with Crippen LogP contribution in [0.15, 0.2) is 12.4 Å². The fraction of sp³-hybridized carbons (Fsp3) is 0.700. The molecule has 0 fully saturated rings. The van der Waals surface area contributed by atoms with E-state index < -0.39 is 0 Å². The minimum Gasteiger partial charge on any atom is -0.334 e. The van der Waals surface area contributed by atoms with Gasteiger partial charge < -0.3 is 10.3 Å². The molecule has 0 radical (unpaired) electrons. The Bertz CT molecular complexity index is 257. The van der Waals surface area contributed by atoms with Gasteiger partial charge in [-0.25, -0.2) is 4.98 Å². The average Bonchev–Trinajstić information content (AvgIpc) is 2.47. The Kier molecular flexibility index (Phi) is 3.09. The van der Waals surface area contributed by atoms with Crippen LogP contribution in [0.5, 0.6) is 0 Å². The number of aromatic nitrogens is 2. The standard InChI is InChI=1S/C10H19N3/c1-10(2,3)9-12-6-8-13(9)7-4-5-11/h6,8H,4-5,7,11H2,1-3H3. The number of hydrogen-bond donors (Lipinski definition) is 1. The van der Waals surface area contributed by atoms with Crippen molar-refractivity contribution >= 4 is 0 Å². The second-order valence-electron chi connectivity index (χ2n) is 4.34. The molecule has 0 saturated heterocycles. The summed E-state index contributed by atoms with van der Waals surface area (Å²) in [4.78, 5) is 4.36. The first kappa shape index (κ1) is 10.3. The SMILES string of the molecule is CC(C)(C)c1nccn1CCCN. The van der Waals surface area contributed by atoms with E-state index in [-0.39, 0.29) is 5.41 Å². The Hall–Kier alpha value is -0.830. The Labute approximate surface area is 80.0 Å². The van der Waals surface area contributed by atoms with E-state index >= 15 is 0 Å². The first-order valence-electron chi connectivity index (χ1n) is 4.77. The van der Waals surface area contributed by atoms with Crippen molar-refractivity contribution < 1.29 is 0 Å². The van der Waals surface area contributed by atoms with Crippen molar-refractivity contribution in [2.24, 2.45) is 5.73 Å². The fourth-order valence-corrected chi connectivity index (χ4v) is 1.40. The fourth-order valence-electron chi connectivity index (χ4n) is 1.40. The van der Waals surface area contributed by atoms with Crippen LogP contribution in [-0.4, -0.2) is 16.1 Å². The lowest BCUT2D eigenvalue weighted by atomic mass is 9.95. The third-order valence-electron chi connectivity index (χ3n) is 1.99. The summed E-state index contributed by atoms with van der Waals surface area (Å²) in [6.07, 6.45) is 4.90. The minimum absolute atomic E-state index is 0.123. The third kappa shape index (κ3) is 2.56. The molecule has 1 rings (SSSR count). The van der Waals surface area contributed by atoms with Gasteiger partial charge in [-0.3, -0.25) is 0 Å². The number of imidazole rings is 1. The van der Waals surface area contributed by atoms with E-state index in [9.17, 15) is 0 Å². The van der Waals surface area contributed by atoms with Crippen molar-refractivity contribution in [1.82, 2.24) is 9.55 Å². The highest BCUT2D eigenvalue weighted by Gasteiger charge is 2.18. The highest BCUT2D eigenvalue weighted by atomic mass is 15.1. The lowest BCUT2D eigenvalue weighted by Crippen LogP contribution is -2.19. The molecule has 3 nitrogen and oxygen atoms in total. The largest absolute Gasteiger partial charge is 0.334 e. The van der Waals surface area contributed by atoms with Crippen molar-refractivity contribution in [2.45, 2.75) is 39.2 Å². The van der Waals surface area contributed by atoms with Crippen LogP contribution < -0.4 is 5.73 Å². The lowest BCUT2D eigenvalue weighted by molar-refractivity contribution is 0.491. The van der Waals surface area contributed by atoms with Gasteiger partial charge in [-0.05, 0) is 13.0 Å². The maximum Gasteiger partial charge on any atom is 0.114 e. The summed E-state index contributed by atoms with van der Waals surface area (Å²) in [5, 5.41) is 0. The zero-order valence-corrected chi connectivity index (χ0v) is 8.75. The molecule has 0 aromatic carbocycles. The molecule has 0 unspecified atom stereocenters. The molecule has 1 aromatic heterocycles. The van der Waals surface area contributed by atoms with Crippen LogP contribution in [0, 0.1) is 0 Å². The molecule has 0 spiro atoms. The van der Waals surface area contributed by atoms with Crippen molar-refractivity contribution in [3.63, 3.8) is 0 Å². The third-order valence-corrected chi connectivity index (χ3v) is 1.99. The molecule has 2 N–H and O–H groups in total. The van der Waals surface area contributed by atoms with Crippen molar-refractivity contribution in [3.05, 3.63) is 18.2 Å². The molecular formula is C10H19N3. The van der Waals surface area contributed by atoms with E-state index in [4.69, 9.17) is 5.73 Å². The maximum atomic E-state index is 5.47. The van der Waals surface area contributed by atoms with Gasteiger partial charge in [0.2, 0.25) is 0 Å². The zero-order chi connectivity index (χ0) is 9.90. The summed E-state index contributed by atoms with van der Waals surface area (Å²) in [6.45, 7) is 8.24. The lowest BCUT2D eigenvalue weighted by Gasteiger charge is -2.19. The van der Waals surface area contributed by atoms with Gasteiger partial charge >= 0.3 is 0 Å². The van der Waals surface area contributed by atoms with Crippen LogP contribution in [0.25, 0.3) is 0 Å². The van der Waals surface area contributed by atoms with E-state index in [0.717, 1.165) is 25.3 Å². The van der Waals surface area contributed by atoms with Gasteiger partial charge in [-0.1, -0.05) is 20.8 Å². The smallest absolute Gasteiger partial charge is 0.114 e. The Balaban J connectivity index is 2.77. The monoisotopic (exact) mass is 181 g/mol. The van der Waals surface area contributed by atoms with Crippen LogP contribution in [0.1, 0.15) is 33.0 Å². The number of nitrogens with two attached hydrogens (primary N) is 1. The minimum atomic E-state index is 0.123. The molecule has 13 heavy (non-hydrogen) atoms. The van der Waals surface area contributed by atoms with Crippen molar-refractivity contribution in [3.8, 4) is 0 Å². The van der Waals surface area contributed by atoms with E-state index in [1.807, 2.05) is 12.4 Å². The van der Waals surface area contributed by atoms with Crippen LogP contribution in [0.2, 0.25) is 0 Å². The summed E-state index contributed by atoms with van der Waals surface area (Å²) in [5.74, 6) is 1.14.